The molecule has 0 unspecified atom stereocenters. The van der Waals surface area contributed by atoms with Crippen molar-refractivity contribution in [1.82, 2.24) is 0 Å². The van der Waals surface area contributed by atoms with Crippen LogP contribution in [0.3, 0.4) is 0 Å². The summed E-state index contributed by atoms with van der Waals surface area (Å²) in [4.78, 5) is 12.6. The lowest BCUT2D eigenvalue weighted by Gasteiger charge is -2.24. The van der Waals surface area contributed by atoms with Crippen molar-refractivity contribution in [3.05, 3.63) is 53.6 Å². The second-order valence-corrected chi connectivity index (χ2v) is 8.64. The SMILES string of the molecule is COc1ccc(C)cc1N(CC(=O)Nc1ccccc1C(C)C)S(C)(=O)=O. The Morgan fingerprint density at radius 1 is 1.19 bits per heavy atom. The molecule has 2 aromatic rings. The number of hydrogen-bond acceptors (Lipinski definition) is 4. The predicted molar refractivity (Wildman–Crippen MR) is 109 cm³/mol. The van der Waals surface area contributed by atoms with Crippen molar-refractivity contribution in [3.8, 4) is 5.75 Å². The van der Waals surface area contributed by atoms with Gasteiger partial charge in [0, 0.05) is 5.69 Å². The van der Waals surface area contributed by atoms with Gasteiger partial charge >= 0.3 is 0 Å². The average Bonchev–Trinajstić information content (AvgIpc) is 2.59. The van der Waals surface area contributed by atoms with Gasteiger partial charge in [-0.2, -0.15) is 0 Å². The number of para-hydroxylation sites is 1. The van der Waals surface area contributed by atoms with Crippen LogP contribution in [-0.2, 0) is 14.8 Å². The number of rotatable bonds is 7. The summed E-state index contributed by atoms with van der Waals surface area (Å²) in [5.41, 5.74) is 2.88. The summed E-state index contributed by atoms with van der Waals surface area (Å²) in [6, 6.07) is 12.7. The molecule has 0 fully saturated rings. The van der Waals surface area contributed by atoms with Gasteiger partial charge in [-0.3, -0.25) is 9.10 Å². The third-order valence-electron chi connectivity index (χ3n) is 4.15. The summed E-state index contributed by atoms with van der Waals surface area (Å²) in [6.45, 7) is 5.57. The number of hydrogen-bond donors (Lipinski definition) is 1. The van der Waals surface area contributed by atoms with E-state index in [4.69, 9.17) is 4.74 Å². The highest BCUT2D eigenvalue weighted by molar-refractivity contribution is 7.92. The van der Waals surface area contributed by atoms with Gasteiger partial charge in [0.15, 0.2) is 0 Å². The van der Waals surface area contributed by atoms with Crippen LogP contribution in [0.25, 0.3) is 0 Å². The lowest BCUT2D eigenvalue weighted by Crippen LogP contribution is -2.37. The van der Waals surface area contributed by atoms with Gasteiger partial charge < -0.3 is 10.1 Å². The molecule has 27 heavy (non-hydrogen) atoms. The lowest BCUT2D eigenvalue weighted by atomic mass is 10.0. The maximum atomic E-state index is 12.6. The number of ether oxygens (including phenoxy) is 1. The maximum Gasteiger partial charge on any atom is 0.245 e. The van der Waals surface area contributed by atoms with E-state index in [9.17, 15) is 13.2 Å². The Labute approximate surface area is 161 Å². The normalized spacial score (nSPS) is 11.3. The molecule has 0 aliphatic heterocycles. The van der Waals surface area contributed by atoms with Gasteiger partial charge in [-0.15, -0.1) is 0 Å². The number of benzene rings is 2. The van der Waals surface area contributed by atoms with Crippen molar-refractivity contribution < 1.29 is 17.9 Å². The van der Waals surface area contributed by atoms with Crippen LogP contribution in [0.2, 0.25) is 0 Å². The van der Waals surface area contributed by atoms with E-state index in [0.29, 0.717) is 17.1 Å². The maximum absolute atomic E-state index is 12.6. The first-order valence-electron chi connectivity index (χ1n) is 8.64. The molecule has 0 bridgehead atoms. The molecule has 6 nitrogen and oxygen atoms in total. The van der Waals surface area contributed by atoms with E-state index in [-0.39, 0.29) is 12.5 Å². The van der Waals surface area contributed by atoms with E-state index < -0.39 is 15.9 Å². The Morgan fingerprint density at radius 2 is 1.85 bits per heavy atom. The number of sulfonamides is 1. The Balaban J connectivity index is 2.34. The highest BCUT2D eigenvalue weighted by atomic mass is 32.2. The molecule has 0 aromatic heterocycles. The van der Waals surface area contributed by atoms with Gasteiger partial charge in [-0.05, 0) is 42.2 Å². The van der Waals surface area contributed by atoms with Crippen molar-refractivity contribution in [1.29, 1.82) is 0 Å². The van der Waals surface area contributed by atoms with Crippen LogP contribution >= 0.6 is 0 Å². The fourth-order valence-electron chi connectivity index (χ4n) is 2.81. The first-order chi connectivity index (χ1) is 12.6. The fourth-order valence-corrected chi connectivity index (χ4v) is 3.66. The second-order valence-electron chi connectivity index (χ2n) is 6.74. The number of carbonyl (C=O) groups is 1. The minimum atomic E-state index is -3.69. The molecular weight excluding hydrogens is 364 g/mol. The summed E-state index contributed by atoms with van der Waals surface area (Å²) in [5.74, 6) is 0.197. The number of carbonyl (C=O) groups excluding carboxylic acids is 1. The van der Waals surface area contributed by atoms with Crippen LogP contribution < -0.4 is 14.4 Å². The minimum Gasteiger partial charge on any atom is -0.495 e. The highest BCUT2D eigenvalue weighted by Gasteiger charge is 2.24. The third kappa shape index (κ3) is 5.23. The molecule has 1 N–H and O–H groups in total. The van der Waals surface area contributed by atoms with Crippen LogP contribution in [0, 0.1) is 6.92 Å². The molecule has 0 saturated heterocycles. The number of methoxy groups -OCH3 is 1. The van der Waals surface area contributed by atoms with Gasteiger partial charge in [0.25, 0.3) is 0 Å². The minimum absolute atomic E-state index is 0.226. The summed E-state index contributed by atoms with van der Waals surface area (Å²) >= 11 is 0. The molecule has 2 aromatic carbocycles. The van der Waals surface area contributed by atoms with Crippen LogP contribution in [0.5, 0.6) is 5.75 Å². The first-order valence-corrected chi connectivity index (χ1v) is 10.5. The smallest absolute Gasteiger partial charge is 0.245 e. The quantitative estimate of drug-likeness (QED) is 0.785. The zero-order valence-electron chi connectivity index (χ0n) is 16.3. The van der Waals surface area contributed by atoms with Crippen LogP contribution in [-0.4, -0.2) is 34.2 Å². The van der Waals surface area contributed by atoms with Crippen molar-refractivity contribution in [2.45, 2.75) is 26.7 Å². The van der Waals surface area contributed by atoms with Gasteiger partial charge in [0.1, 0.15) is 12.3 Å². The molecule has 0 radical (unpaired) electrons. The molecule has 0 heterocycles. The zero-order valence-corrected chi connectivity index (χ0v) is 17.1. The van der Waals surface area contributed by atoms with Crippen LogP contribution in [0.15, 0.2) is 42.5 Å². The molecule has 0 aliphatic carbocycles. The highest BCUT2D eigenvalue weighted by Crippen LogP contribution is 2.31. The van der Waals surface area contributed by atoms with E-state index in [1.165, 1.54) is 7.11 Å². The largest absolute Gasteiger partial charge is 0.495 e. The monoisotopic (exact) mass is 390 g/mol. The van der Waals surface area contributed by atoms with Gasteiger partial charge in [-0.25, -0.2) is 8.42 Å². The molecule has 0 spiro atoms. The van der Waals surface area contributed by atoms with Gasteiger partial charge in [0.05, 0.1) is 19.1 Å². The first kappa shape index (κ1) is 20.8. The number of anilines is 2. The summed E-state index contributed by atoms with van der Waals surface area (Å²) in [5, 5.41) is 2.83. The lowest BCUT2D eigenvalue weighted by molar-refractivity contribution is -0.114. The van der Waals surface area contributed by atoms with Crippen LogP contribution in [0.4, 0.5) is 11.4 Å². The standard InChI is InChI=1S/C20H26N2O4S/c1-14(2)16-8-6-7-9-17(16)21-20(23)13-22(27(5,24)25)18-12-15(3)10-11-19(18)26-4/h6-12,14H,13H2,1-5H3,(H,21,23). The van der Waals surface area contributed by atoms with Crippen molar-refractivity contribution >= 4 is 27.3 Å². The Morgan fingerprint density at radius 3 is 2.44 bits per heavy atom. The molecule has 0 aliphatic rings. The summed E-state index contributed by atoms with van der Waals surface area (Å²) in [6.07, 6.45) is 1.07. The van der Waals surface area contributed by atoms with E-state index >= 15 is 0 Å². The number of aryl methyl sites for hydroxylation is 1. The molecule has 0 saturated carbocycles. The zero-order chi connectivity index (χ0) is 20.2. The van der Waals surface area contributed by atoms with Crippen molar-refractivity contribution in [2.24, 2.45) is 0 Å². The number of amides is 1. The van der Waals surface area contributed by atoms with E-state index in [1.807, 2.05) is 51.1 Å². The number of nitrogens with one attached hydrogen (secondary N) is 1. The Bertz CT molecular complexity index is 923. The molecular formula is C20H26N2O4S. The van der Waals surface area contributed by atoms with E-state index in [2.05, 4.69) is 5.32 Å². The molecule has 7 heteroatoms. The number of nitrogens with zero attached hydrogens (tertiary/aromatic N) is 1. The van der Waals surface area contributed by atoms with Crippen molar-refractivity contribution in [3.63, 3.8) is 0 Å². The van der Waals surface area contributed by atoms with E-state index in [1.54, 1.807) is 12.1 Å². The molecule has 1 amide bonds. The van der Waals surface area contributed by atoms with Gasteiger partial charge in [0.2, 0.25) is 15.9 Å². The van der Waals surface area contributed by atoms with Crippen LogP contribution in [0.1, 0.15) is 30.9 Å². The summed E-state index contributed by atoms with van der Waals surface area (Å²) < 4.78 is 31.1. The molecule has 2 rings (SSSR count). The summed E-state index contributed by atoms with van der Waals surface area (Å²) in [7, 11) is -2.22. The second kappa shape index (κ2) is 8.43. The fraction of sp³-hybridized carbons (Fsp3) is 0.350. The van der Waals surface area contributed by atoms with Crippen molar-refractivity contribution in [2.75, 3.05) is 29.5 Å². The Hall–Kier alpha value is -2.54. The molecule has 0 atom stereocenters. The average molecular weight is 391 g/mol. The molecule has 146 valence electrons. The third-order valence-corrected chi connectivity index (χ3v) is 5.27. The predicted octanol–water partition coefficient (Wildman–Crippen LogP) is 3.53. The van der Waals surface area contributed by atoms with Gasteiger partial charge in [-0.1, -0.05) is 38.1 Å². The van der Waals surface area contributed by atoms with E-state index in [0.717, 1.165) is 21.7 Å². The Kier molecular flexibility index (Phi) is 6.49. The topological polar surface area (TPSA) is 75.7 Å².